The molecule has 0 spiro atoms. The average molecular weight is 469 g/mol. The number of nitrogens with one attached hydrogen (secondary N) is 2. The van der Waals surface area contributed by atoms with Crippen molar-refractivity contribution in [3.8, 4) is 11.5 Å². The van der Waals surface area contributed by atoms with Gasteiger partial charge >= 0.3 is 0 Å². The molecular formula is C25H28N2O5S. The van der Waals surface area contributed by atoms with E-state index in [0.717, 1.165) is 11.1 Å². The second-order valence-corrected chi connectivity index (χ2v) is 9.28. The molecule has 0 atom stereocenters. The molecule has 0 aliphatic heterocycles. The van der Waals surface area contributed by atoms with Crippen molar-refractivity contribution in [1.82, 2.24) is 0 Å². The van der Waals surface area contributed by atoms with Gasteiger partial charge < -0.3 is 14.8 Å². The number of amides is 1. The molecule has 0 heterocycles. The van der Waals surface area contributed by atoms with Crippen molar-refractivity contribution in [3.63, 3.8) is 0 Å². The maximum absolute atomic E-state index is 12.8. The lowest BCUT2D eigenvalue weighted by Crippen LogP contribution is -2.21. The number of hydrogen-bond donors (Lipinski definition) is 2. The largest absolute Gasteiger partial charge is 0.492 e. The van der Waals surface area contributed by atoms with Gasteiger partial charge in [0.05, 0.1) is 17.2 Å². The standard InChI is InChI=1S/C25H28N2O5S/c1-5-31-24-9-7-6-8-22(24)26-25(28)16-32-23-13-12-21(15-19(23)4)33(29,30)27-20-11-10-17(2)18(3)14-20/h6-15,27H,5,16H2,1-4H3,(H,26,28). The summed E-state index contributed by atoms with van der Waals surface area (Å²) in [5.74, 6) is 0.651. The number of carbonyl (C=O) groups is 1. The van der Waals surface area contributed by atoms with Crippen molar-refractivity contribution in [2.45, 2.75) is 32.6 Å². The molecule has 2 N–H and O–H groups in total. The Morgan fingerprint density at radius 3 is 2.30 bits per heavy atom. The highest BCUT2D eigenvalue weighted by atomic mass is 32.2. The Morgan fingerprint density at radius 2 is 1.61 bits per heavy atom. The Bertz CT molecular complexity index is 1260. The molecule has 0 aliphatic carbocycles. The predicted octanol–water partition coefficient (Wildman–Crippen LogP) is 4.83. The van der Waals surface area contributed by atoms with Gasteiger partial charge in [0.25, 0.3) is 15.9 Å². The van der Waals surface area contributed by atoms with Crippen LogP contribution in [0.1, 0.15) is 23.6 Å². The van der Waals surface area contributed by atoms with Gasteiger partial charge in [-0.1, -0.05) is 18.2 Å². The summed E-state index contributed by atoms with van der Waals surface area (Å²) >= 11 is 0. The number of anilines is 2. The van der Waals surface area contributed by atoms with Crippen LogP contribution in [0.25, 0.3) is 0 Å². The fourth-order valence-electron chi connectivity index (χ4n) is 3.15. The number of rotatable bonds is 9. The Hall–Kier alpha value is -3.52. The zero-order valence-corrected chi connectivity index (χ0v) is 20.0. The lowest BCUT2D eigenvalue weighted by Gasteiger charge is -2.14. The molecule has 33 heavy (non-hydrogen) atoms. The molecule has 3 rings (SSSR count). The van der Waals surface area contributed by atoms with E-state index in [1.807, 2.05) is 32.9 Å². The van der Waals surface area contributed by atoms with Gasteiger partial charge in [0.1, 0.15) is 11.5 Å². The first-order chi connectivity index (χ1) is 15.7. The Kier molecular flexibility index (Phi) is 7.60. The van der Waals surface area contributed by atoms with E-state index < -0.39 is 10.0 Å². The van der Waals surface area contributed by atoms with E-state index in [1.165, 1.54) is 12.1 Å². The third-order valence-electron chi connectivity index (χ3n) is 5.04. The van der Waals surface area contributed by atoms with Gasteiger partial charge in [-0.15, -0.1) is 0 Å². The summed E-state index contributed by atoms with van der Waals surface area (Å²) in [6, 6.07) is 17.0. The maximum Gasteiger partial charge on any atom is 0.262 e. The van der Waals surface area contributed by atoms with Gasteiger partial charge in [0.2, 0.25) is 0 Å². The summed E-state index contributed by atoms with van der Waals surface area (Å²) in [6.45, 7) is 7.74. The van der Waals surface area contributed by atoms with Crippen molar-refractivity contribution in [1.29, 1.82) is 0 Å². The first-order valence-corrected chi connectivity index (χ1v) is 12.0. The van der Waals surface area contributed by atoms with Crippen LogP contribution in [0.15, 0.2) is 65.6 Å². The molecule has 3 aromatic rings. The number of hydrogen-bond acceptors (Lipinski definition) is 5. The lowest BCUT2D eigenvalue weighted by atomic mass is 10.1. The summed E-state index contributed by atoms with van der Waals surface area (Å²) in [5, 5.41) is 2.76. The quantitative estimate of drug-likeness (QED) is 0.469. The monoisotopic (exact) mass is 468 g/mol. The summed E-state index contributed by atoms with van der Waals surface area (Å²) < 4.78 is 39.3. The first kappa shape index (κ1) is 24.1. The van der Waals surface area contributed by atoms with Crippen molar-refractivity contribution in [2.75, 3.05) is 23.3 Å². The van der Waals surface area contributed by atoms with Gasteiger partial charge in [0, 0.05) is 5.69 Å². The first-order valence-electron chi connectivity index (χ1n) is 10.5. The molecule has 0 fully saturated rings. The number of para-hydroxylation sites is 2. The molecule has 7 nitrogen and oxygen atoms in total. The van der Waals surface area contributed by atoms with Gasteiger partial charge in [-0.2, -0.15) is 0 Å². The van der Waals surface area contributed by atoms with E-state index in [1.54, 1.807) is 43.3 Å². The van der Waals surface area contributed by atoms with Crippen LogP contribution in [0.5, 0.6) is 11.5 Å². The van der Waals surface area contributed by atoms with Crippen LogP contribution in [0.2, 0.25) is 0 Å². The van der Waals surface area contributed by atoms with Crippen LogP contribution in [0.4, 0.5) is 11.4 Å². The third kappa shape index (κ3) is 6.26. The number of ether oxygens (including phenoxy) is 2. The molecule has 8 heteroatoms. The molecule has 0 unspecified atom stereocenters. The molecular weight excluding hydrogens is 440 g/mol. The van der Waals surface area contributed by atoms with E-state index in [-0.39, 0.29) is 17.4 Å². The maximum atomic E-state index is 12.8. The summed E-state index contributed by atoms with van der Waals surface area (Å²) in [6.07, 6.45) is 0. The van der Waals surface area contributed by atoms with E-state index in [4.69, 9.17) is 9.47 Å². The summed E-state index contributed by atoms with van der Waals surface area (Å²) in [5.41, 5.74) is 3.74. The number of sulfonamides is 1. The van der Waals surface area contributed by atoms with Gasteiger partial charge in [-0.25, -0.2) is 8.42 Å². The summed E-state index contributed by atoms with van der Waals surface area (Å²) in [7, 11) is -3.76. The molecule has 174 valence electrons. The average Bonchev–Trinajstić information content (AvgIpc) is 2.77. The number of aryl methyl sites for hydroxylation is 3. The van der Waals surface area contributed by atoms with Crippen LogP contribution < -0.4 is 19.5 Å². The predicted molar refractivity (Wildman–Crippen MR) is 130 cm³/mol. The Balaban J connectivity index is 1.65. The van der Waals surface area contributed by atoms with Crippen LogP contribution in [-0.4, -0.2) is 27.5 Å². The fourth-order valence-corrected chi connectivity index (χ4v) is 4.29. The molecule has 1 amide bonds. The summed E-state index contributed by atoms with van der Waals surface area (Å²) in [4.78, 5) is 12.4. The minimum Gasteiger partial charge on any atom is -0.492 e. The SMILES string of the molecule is CCOc1ccccc1NC(=O)COc1ccc(S(=O)(=O)Nc2ccc(C)c(C)c2)cc1C. The van der Waals surface area contributed by atoms with E-state index in [2.05, 4.69) is 10.0 Å². The normalized spacial score (nSPS) is 11.0. The van der Waals surface area contributed by atoms with E-state index >= 15 is 0 Å². The second-order valence-electron chi connectivity index (χ2n) is 7.60. The van der Waals surface area contributed by atoms with Crippen molar-refractivity contribution < 1.29 is 22.7 Å². The van der Waals surface area contributed by atoms with Crippen LogP contribution in [0.3, 0.4) is 0 Å². The zero-order chi connectivity index (χ0) is 24.0. The Morgan fingerprint density at radius 1 is 0.848 bits per heavy atom. The second kappa shape index (κ2) is 10.4. The van der Waals surface area contributed by atoms with E-state index in [0.29, 0.717) is 35.0 Å². The highest BCUT2D eigenvalue weighted by Gasteiger charge is 2.17. The zero-order valence-electron chi connectivity index (χ0n) is 19.1. The molecule has 0 aliphatic rings. The Labute approximate surface area is 194 Å². The van der Waals surface area contributed by atoms with Crippen LogP contribution in [0, 0.1) is 20.8 Å². The molecule has 0 saturated carbocycles. The topological polar surface area (TPSA) is 93.7 Å². The highest BCUT2D eigenvalue weighted by molar-refractivity contribution is 7.92. The number of carbonyl (C=O) groups excluding carboxylic acids is 1. The third-order valence-corrected chi connectivity index (χ3v) is 6.41. The minimum absolute atomic E-state index is 0.112. The molecule has 3 aromatic carbocycles. The van der Waals surface area contributed by atoms with E-state index in [9.17, 15) is 13.2 Å². The molecule has 0 aromatic heterocycles. The molecule has 0 radical (unpaired) electrons. The van der Waals surface area contributed by atoms with Gasteiger partial charge in [-0.3, -0.25) is 9.52 Å². The van der Waals surface area contributed by atoms with Crippen molar-refractivity contribution >= 4 is 27.3 Å². The van der Waals surface area contributed by atoms with Crippen molar-refractivity contribution in [2.24, 2.45) is 0 Å². The molecule has 0 saturated heterocycles. The smallest absolute Gasteiger partial charge is 0.262 e. The number of benzene rings is 3. The van der Waals surface area contributed by atoms with Gasteiger partial charge in [-0.05, 0) is 86.8 Å². The lowest BCUT2D eigenvalue weighted by molar-refractivity contribution is -0.118. The highest BCUT2D eigenvalue weighted by Crippen LogP contribution is 2.26. The van der Waals surface area contributed by atoms with Crippen LogP contribution >= 0.6 is 0 Å². The fraction of sp³-hybridized carbons (Fsp3) is 0.240. The minimum atomic E-state index is -3.76. The van der Waals surface area contributed by atoms with Crippen molar-refractivity contribution in [3.05, 3.63) is 77.4 Å². The van der Waals surface area contributed by atoms with Gasteiger partial charge in [0.15, 0.2) is 6.61 Å². The molecule has 0 bridgehead atoms. The van der Waals surface area contributed by atoms with Crippen LogP contribution in [-0.2, 0) is 14.8 Å².